The second kappa shape index (κ2) is 6.70. The van der Waals surface area contributed by atoms with Crippen LogP contribution in [-0.2, 0) is 9.84 Å². The Morgan fingerprint density at radius 2 is 1.70 bits per heavy atom. The van der Waals surface area contributed by atoms with E-state index in [0.29, 0.717) is 13.1 Å². The molecule has 0 fully saturated rings. The van der Waals surface area contributed by atoms with Gasteiger partial charge in [0.25, 0.3) is 0 Å². The first-order valence-corrected chi connectivity index (χ1v) is 8.78. The van der Waals surface area contributed by atoms with Gasteiger partial charge >= 0.3 is 0 Å². The van der Waals surface area contributed by atoms with Crippen LogP contribution in [0, 0.1) is 20.8 Å². The van der Waals surface area contributed by atoms with Crippen molar-refractivity contribution in [3.63, 3.8) is 0 Å². The molecule has 0 amide bonds. The molecule has 1 atom stereocenters. The third kappa shape index (κ3) is 5.23. The molecule has 0 aliphatic carbocycles. The third-order valence-electron chi connectivity index (χ3n) is 3.40. The summed E-state index contributed by atoms with van der Waals surface area (Å²) in [7, 11) is -1.14. The van der Waals surface area contributed by atoms with Gasteiger partial charge in [-0.25, -0.2) is 8.42 Å². The van der Waals surface area contributed by atoms with Crippen molar-refractivity contribution in [3.8, 4) is 0 Å². The number of hydrogen-bond donors (Lipinski definition) is 1. The second-order valence-corrected chi connectivity index (χ2v) is 7.98. The Labute approximate surface area is 122 Å². The van der Waals surface area contributed by atoms with Crippen LogP contribution in [0.2, 0.25) is 0 Å². The van der Waals surface area contributed by atoms with Gasteiger partial charge in [0.1, 0.15) is 9.84 Å². The molecule has 0 aliphatic rings. The number of likely N-dealkylation sites (N-methyl/N-ethyl adjacent to an activating group) is 1. The fraction of sp³-hybridized carbons (Fsp3) is 0.600. The average Bonchev–Trinajstić information content (AvgIpc) is 2.23. The molecule has 1 aromatic rings. The standard InChI is InChI=1S/C15H25NO3S/c1-11-8-12(2)15(13(3)9-11)14(17)10-16(4)6-7-20(5,18)19/h8-9,14,17H,6-7,10H2,1-5H3. The van der Waals surface area contributed by atoms with Crippen LogP contribution >= 0.6 is 0 Å². The molecule has 1 unspecified atom stereocenters. The minimum Gasteiger partial charge on any atom is -0.387 e. The molecule has 0 radical (unpaired) electrons. The number of aryl methyl sites for hydroxylation is 3. The maximum absolute atomic E-state index is 11.1. The predicted molar refractivity (Wildman–Crippen MR) is 82.8 cm³/mol. The van der Waals surface area contributed by atoms with Gasteiger partial charge in [0.05, 0.1) is 11.9 Å². The molecule has 1 aromatic carbocycles. The monoisotopic (exact) mass is 299 g/mol. The zero-order chi connectivity index (χ0) is 15.5. The van der Waals surface area contributed by atoms with Crippen molar-refractivity contribution < 1.29 is 13.5 Å². The van der Waals surface area contributed by atoms with Crippen LogP contribution in [0.25, 0.3) is 0 Å². The summed E-state index contributed by atoms with van der Waals surface area (Å²) >= 11 is 0. The number of aliphatic hydroxyl groups is 1. The Morgan fingerprint density at radius 3 is 2.15 bits per heavy atom. The Bertz CT molecular complexity index is 543. The lowest BCUT2D eigenvalue weighted by molar-refractivity contribution is 0.128. The zero-order valence-corrected chi connectivity index (χ0v) is 13.8. The lowest BCUT2D eigenvalue weighted by Gasteiger charge is -2.23. The summed E-state index contributed by atoms with van der Waals surface area (Å²) in [6.45, 7) is 6.89. The zero-order valence-electron chi connectivity index (χ0n) is 13.0. The molecular formula is C15H25NO3S. The summed E-state index contributed by atoms with van der Waals surface area (Å²) in [4.78, 5) is 1.85. The second-order valence-electron chi connectivity index (χ2n) is 5.72. The molecule has 114 valence electrons. The van der Waals surface area contributed by atoms with E-state index in [2.05, 4.69) is 12.1 Å². The first-order valence-electron chi connectivity index (χ1n) is 6.72. The Balaban J connectivity index is 2.74. The Morgan fingerprint density at radius 1 is 1.20 bits per heavy atom. The first-order chi connectivity index (χ1) is 9.10. The van der Waals surface area contributed by atoms with E-state index >= 15 is 0 Å². The van der Waals surface area contributed by atoms with Crippen LogP contribution in [0.15, 0.2) is 12.1 Å². The fourth-order valence-electron chi connectivity index (χ4n) is 2.52. The first kappa shape index (κ1) is 17.1. The molecule has 0 spiro atoms. The number of rotatable bonds is 6. The number of nitrogens with zero attached hydrogens (tertiary/aromatic N) is 1. The summed E-state index contributed by atoms with van der Waals surface area (Å²) in [5.41, 5.74) is 4.28. The highest BCUT2D eigenvalue weighted by atomic mass is 32.2. The largest absolute Gasteiger partial charge is 0.387 e. The smallest absolute Gasteiger partial charge is 0.148 e. The molecule has 0 saturated heterocycles. The number of benzene rings is 1. The highest BCUT2D eigenvalue weighted by Gasteiger charge is 2.16. The molecule has 1 N–H and O–H groups in total. The van der Waals surface area contributed by atoms with Crippen LogP contribution in [0.5, 0.6) is 0 Å². The number of sulfone groups is 1. The number of aliphatic hydroxyl groups excluding tert-OH is 1. The van der Waals surface area contributed by atoms with Crippen LogP contribution in [0.4, 0.5) is 0 Å². The van der Waals surface area contributed by atoms with Crippen LogP contribution < -0.4 is 0 Å². The molecule has 5 heteroatoms. The summed E-state index contributed by atoms with van der Waals surface area (Å²) in [6, 6.07) is 4.12. The maximum atomic E-state index is 11.1. The van der Waals surface area contributed by atoms with Crippen molar-refractivity contribution in [2.75, 3.05) is 32.1 Å². The average molecular weight is 299 g/mol. The topological polar surface area (TPSA) is 57.6 Å². The molecule has 0 saturated carbocycles. The van der Waals surface area contributed by atoms with Gasteiger partial charge in [-0.05, 0) is 44.5 Å². The lowest BCUT2D eigenvalue weighted by Crippen LogP contribution is -2.30. The van der Waals surface area contributed by atoms with Gasteiger partial charge < -0.3 is 10.0 Å². The van der Waals surface area contributed by atoms with E-state index in [0.717, 1.165) is 16.7 Å². The van der Waals surface area contributed by atoms with Gasteiger partial charge in [0.15, 0.2) is 0 Å². The van der Waals surface area contributed by atoms with E-state index in [4.69, 9.17) is 0 Å². The predicted octanol–water partition coefficient (Wildman–Crippen LogP) is 1.62. The normalized spacial score (nSPS) is 13.8. The van der Waals surface area contributed by atoms with Crippen molar-refractivity contribution in [2.24, 2.45) is 0 Å². The minimum absolute atomic E-state index is 0.113. The molecule has 0 aliphatic heterocycles. The third-order valence-corrected chi connectivity index (χ3v) is 4.32. The lowest BCUT2D eigenvalue weighted by atomic mass is 9.95. The van der Waals surface area contributed by atoms with Gasteiger partial charge in [-0.1, -0.05) is 17.7 Å². The summed E-state index contributed by atoms with van der Waals surface area (Å²) in [5.74, 6) is 0.113. The Kier molecular flexibility index (Phi) is 5.74. The van der Waals surface area contributed by atoms with E-state index in [1.165, 1.54) is 11.8 Å². The van der Waals surface area contributed by atoms with E-state index < -0.39 is 15.9 Å². The molecule has 0 aromatic heterocycles. The SMILES string of the molecule is Cc1cc(C)c(C(O)CN(C)CCS(C)(=O)=O)c(C)c1. The maximum Gasteiger partial charge on any atom is 0.148 e. The van der Waals surface area contributed by atoms with Crippen LogP contribution in [0.1, 0.15) is 28.4 Å². The summed E-state index contributed by atoms with van der Waals surface area (Å²) in [6.07, 6.45) is 0.631. The molecule has 20 heavy (non-hydrogen) atoms. The number of hydrogen-bond acceptors (Lipinski definition) is 4. The highest BCUT2D eigenvalue weighted by molar-refractivity contribution is 7.90. The van der Waals surface area contributed by atoms with E-state index in [-0.39, 0.29) is 5.75 Å². The summed E-state index contributed by atoms with van der Waals surface area (Å²) in [5, 5.41) is 10.4. The quantitative estimate of drug-likeness (QED) is 0.867. The van der Waals surface area contributed by atoms with Gasteiger partial charge in [-0.15, -0.1) is 0 Å². The van der Waals surface area contributed by atoms with Crippen molar-refractivity contribution in [3.05, 3.63) is 34.4 Å². The highest BCUT2D eigenvalue weighted by Crippen LogP contribution is 2.24. The van der Waals surface area contributed by atoms with Crippen LogP contribution in [-0.4, -0.2) is 50.6 Å². The van der Waals surface area contributed by atoms with Gasteiger partial charge in [0.2, 0.25) is 0 Å². The van der Waals surface area contributed by atoms with Crippen molar-refractivity contribution >= 4 is 9.84 Å². The van der Waals surface area contributed by atoms with Gasteiger partial charge in [0, 0.05) is 19.3 Å². The van der Waals surface area contributed by atoms with Crippen molar-refractivity contribution in [1.29, 1.82) is 0 Å². The molecule has 0 bridgehead atoms. The molecule has 0 heterocycles. The van der Waals surface area contributed by atoms with E-state index in [9.17, 15) is 13.5 Å². The van der Waals surface area contributed by atoms with Crippen LogP contribution in [0.3, 0.4) is 0 Å². The molecular weight excluding hydrogens is 274 g/mol. The van der Waals surface area contributed by atoms with Crippen molar-refractivity contribution in [1.82, 2.24) is 4.90 Å². The molecule has 4 nitrogen and oxygen atoms in total. The van der Waals surface area contributed by atoms with E-state index in [1.807, 2.05) is 32.7 Å². The van der Waals surface area contributed by atoms with Crippen molar-refractivity contribution in [2.45, 2.75) is 26.9 Å². The van der Waals surface area contributed by atoms with Gasteiger partial charge in [-0.3, -0.25) is 0 Å². The summed E-state index contributed by atoms with van der Waals surface area (Å²) < 4.78 is 22.3. The van der Waals surface area contributed by atoms with Gasteiger partial charge in [-0.2, -0.15) is 0 Å². The Hall–Kier alpha value is -0.910. The van der Waals surface area contributed by atoms with E-state index in [1.54, 1.807) is 0 Å². The fourth-order valence-corrected chi connectivity index (χ4v) is 3.16. The minimum atomic E-state index is -2.96. The molecule has 1 rings (SSSR count).